The van der Waals surface area contributed by atoms with Gasteiger partial charge in [0.05, 0.1) is 15.1 Å². The van der Waals surface area contributed by atoms with Crippen molar-refractivity contribution in [2.75, 3.05) is 25.1 Å². The van der Waals surface area contributed by atoms with Gasteiger partial charge in [-0.25, -0.2) is 0 Å². The molecule has 0 aromatic heterocycles. The first-order valence-electron chi connectivity index (χ1n) is 8.25. The van der Waals surface area contributed by atoms with Crippen LogP contribution in [0.25, 0.3) is 0 Å². The van der Waals surface area contributed by atoms with Crippen molar-refractivity contribution in [2.24, 2.45) is 0 Å². The summed E-state index contributed by atoms with van der Waals surface area (Å²) in [6.45, 7) is 4.47. The highest BCUT2D eigenvalue weighted by molar-refractivity contribution is 8.33. The van der Waals surface area contributed by atoms with Crippen molar-refractivity contribution < 1.29 is 4.52 Å². The molecule has 0 N–H and O–H groups in total. The summed E-state index contributed by atoms with van der Waals surface area (Å²) in [4.78, 5) is 2.90. The van der Waals surface area contributed by atoms with E-state index >= 15 is 0 Å². The fraction of sp³-hybridized carbons (Fsp3) is 0.368. The molecule has 1 aliphatic rings. The smallest absolute Gasteiger partial charge is 0.0895 e. The fourth-order valence-corrected chi connectivity index (χ4v) is 7.36. The molecule has 0 radical (unpaired) electrons. The predicted octanol–water partition coefficient (Wildman–Crippen LogP) is 5.16. The number of hydrogen-bond donors (Lipinski definition) is 0. The van der Waals surface area contributed by atoms with Crippen molar-refractivity contribution in [3.05, 3.63) is 60.7 Å². The Bertz CT molecular complexity index is 568. The van der Waals surface area contributed by atoms with Gasteiger partial charge in [-0.2, -0.15) is 10.0 Å². The summed E-state index contributed by atoms with van der Waals surface area (Å²) in [5.74, 6) is 1.11. The summed E-state index contributed by atoms with van der Waals surface area (Å²) < 4.78 is 8.59. The van der Waals surface area contributed by atoms with Crippen LogP contribution >= 0.6 is 19.0 Å². The highest BCUT2D eigenvalue weighted by Gasteiger charge is 2.31. The van der Waals surface area contributed by atoms with Crippen molar-refractivity contribution in [3.8, 4) is 0 Å². The summed E-state index contributed by atoms with van der Waals surface area (Å²) >= 11 is 0. The molecule has 2 aromatic carbocycles. The van der Waals surface area contributed by atoms with Crippen molar-refractivity contribution >= 4 is 19.0 Å². The van der Waals surface area contributed by atoms with Crippen LogP contribution in [-0.4, -0.2) is 35.9 Å². The number of benzene rings is 2. The molecule has 0 saturated carbocycles. The Balaban J connectivity index is 1.85. The average Bonchev–Trinajstić information content (AvgIpc) is 3.03. The van der Waals surface area contributed by atoms with Crippen molar-refractivity contribution in [1.29, 1.82) is 0 Å². The Morgan fingerprint density at radius 2 is 1.61 bits per heavy atom. The van der Waals surface area contributed by atoms with Crippen LogP contribution in [0.2, 0.25) is 0 Å². The predicted molar refractivity (Wildman–Crippen MR) is 103 cm³/mol. The maximum atomic E-state index is 6.13. The minimum atomic E-state index is -1.07. The van der Waals surface area contributed by atoms with Gasteiger partial charge in [-0.05, 0) is 46.7 Å². The Morgan fingerprint density at radius 1 is 1.04 bits per heavy atom. The van der Waals surface area contributed by atoms with E-state index in [0.29, 0.717) is 15.1 Å². The molecule has 1 fully saturated rings. The zero-order valence-electron chi connectivity index (χ0n) is 13.9. The highest BCUT2D eigenvalue weighted by atomic mass is 32.3. The van der Waals surface area contributed by atoms with Crippen molar-refractivity contribution in [2.45, 2.75) is 29.2 Å². The molecule has 124 valence electrons. The van der Waals surface area contributed by atoms with E-state index in [1.165, 1.54) is 16.2 Å². The first-order chi connectivity index (χ1) is 11.2. The fourth-order valence-electron chi connectivity index (χ4n) is 3.10. The first kappa shape index (κ1) is 17.0. The van der Waals surface area contributed by atoms with Gasteiger partial charge in [0.2, 0.25) is 0 Å². The van der Waals surface area contributed by atoms with Crippen molar-refractivity contribution in [3.63, 3.8) is 0 Å². The molecule has 1 aliphatic heterocycles. The number of hydrogen-bond acceptors (Lipinski definition) is 2. The van der Waals surface area contributed by atoms with Crippen LogP contribution in [0.1, 0.15) is 13.3 Å². The number of rotatable bonds is 6. The van der Waals surface area contributed by atoms with E-state index in [1.807, 2.05) is 0 Å². The summed E-state index contributed by atoms with van der Waals surface area (Å²) in [7, 11) is -0.531. The third-order valence-electron chi connectivity index (χ3n) is 4.31. The van der Waals surface area contributed by atoms with Crippen LogP contribution in [0.4, 0.5) is 0 Å². The maximum absolute atomic E-state index is 6.13. The van der Waals surface area contributed by atoms with E-state index in [-0.39, 0.29) is 0 Å². The van der Waals surface area contributed by atoms with Crippen LogP contribution in [0.5, 0.6) is 0 Å². The molecule has 0 bridgehead atoms. The van der Waals surface area contributed by atoms with E-state index in [1.54, 1.807) is 0 Å². The lowest BCUT2D eigenvalue weighted by Gasteiger charge is -2.38. The second kappa shape index (κ2) is 7.81. The van der Waals surface area contributed by atoms with Gasteiger partial charge in [0.15, 0.2) is 0 Å². The third kappa shape index (κ3) is 3.97. The van der Waals surface area contributed by atoms with Gasteiger partial charge in [0, 0.05) is 18.8 Å². The Hall–Kier alpha value is -0.860. The van der Waals surface area contributed by atoms with Crippen LogP contribution < -0.4 is 0 Å². The molecule has 2 atom stereocenters. The van der Waals surface area contributed by atoms with E-state index in [2.05, 4.69) is 78.5 Å². The monoisotopic (exact) mass is 347 g/mol. The molecule has 0 amide bonds. The normalized spacial score (nSPS) is 20.9. The van der Waals surface area contributed by atoms with Crippen LogP contribution in [0, 0.1) is 0 Å². The summed E-state index contributed by atoms with van der Waals surface area (Å²) in [6, 6.07) is 22.0. The topological polar surface area (TPSA) is 12.5 Å². The lowest BCUT2D eigenvalue weighted by atomic mass is 10.4. The Kier molecular flexibility index (Phi) is 5.76. The third-order valence-corrected chi connectivity index (χ3v) is 9.08. The molecule has 2 aromatic rings. The first-order valence-corrected chi connectivity index (χ1v) is 11.3. The zero-order chi connectivity index (χ0) is 16.1. The van der Waals surface area contributed by atoms with Crippen molar-refractivity contribution in [1.82, 2.24) is 4.67 Å². The van der Waals surface area contributed by atoms with Gasteiger partial charge in [0.1, 0.15) is 0 Å². The van der Waals surface area contributed by atoms with Gasteiger partial charge in [0.25, 0.3) is 0 Å². The lowest BCUT2D eigenvalue weighted by Crippen LogP contribution is -2.25. The second-order valence-electron chi connectivity index (χ2n) is 6.16. The molecule has 0 spiro atoms. The zero-order valence-corrected chi connectivity index (χ0v) is 15.8. The maximum Gasteiger partial charge on any atom is 0.0895 e. The molecule has 1 unspecified atom stereocenters. The quantitative estimate of drug-likeness (QED) is 0.669. The standard InChI is InChI=1S/C19H26NOPS/c1-3-14-20-15-17(21-22-20)16-23(2,18-10-6-4-7-11-18)19-12-8-5-9-13-19/h4-13,17,22H,3,14-16H2,1-2H3/t17-/m1/s1. The molecule has 0 aliphatic carbocycles. The Morgan fingerprint density at radius 3 is 2.13 bits per heavy atom. The van der Waals surface area contributed by atoms with Gasteiger partial charge in [-0.1, -0.05) is 43.3 Å². The minimum Gasteiger partial charge on any atom is -0.341 e. The molecule has 2 nitrogen and oxygen atoms in total. The van der Waals surface area contributed by atoms with E-state index in [4.69, 9.17) is 4.52 Å². The van der Waals surface area contributed by atoms with E-state index in [9.17, 15) is 0 Å². The highest BCUT2D eigenvalue weighted by Crippen LogP contribution is 2.60. The molecule has 4 heteroatoms. The van der Waals surface area contributed by atoms with Crippen LogP contribution in [-0.2, 0) is 4.52 Å². The lowest BCUT2D eigenvalue weighted by molar-refractivity contribution is 0.285. The molecular formula is C19H26NOPS. The van der Waals surface area contributed by atoms with Gasteiger partial charge in [-0.3, -0.25) is 4.67 Å². The van der Waals surface area contributed by atoms with Crippen LogP contribution in [0.3, 0.4) is 0 Å². The molecule has 1 heterocycles. The molecule has 3 rings (SSSR count). The van der Waals surface area contributed by atoms with Gasteiger partial charge < -0.3 is 4.52 Å². The van der Waals surface area contributed by atoms with Crippen LogP contribution in [0.15, 0.2) is 70.5 Å². The largest absolute Gasteiger partial charge is 0.341 e. The second-order valence-corrected chi connectivity index (χ2v) is 10.7. The molecule has 1 saturated heterocycles. The molecule has 23 heavy (non-hydrogen) atoms. The Labute approximate surface area is 143 Å². The number of nitrogens with zero attached hydrogens (tertiary/aromatic N) is 1. The summed E-state index contributed by atoms with van der Waals surface area (Å²) in [5.41, 5.74) is 0. The average molecular weight is 347 g/mol. The summed E-state index contributed by atoms with van der Waals surface area (Å²) in [5, 5.41) is 0. The SMILES string of the molecule is CCCN1C[C@H](CS(C)(c2ccccc2)c2ccccc2)OP1. The van der Waals surface area contributed by atoms with E-state index in [0.717, 1.165) is 18.8 Å². The van der Waals surface area contributed by atoms with Gasteiger partial charge >= 0.3 is 0 Å². The summed E-state index contributed by atoms with van der Waals surface area (Å²) in [6.07, 6.45) is 3.98. The van der Waals surface area contributed by atoms with E-state index < -0.39 is 10.0 Å². The van der Waals surface area contributed by atoms with Gasteiger partial charge in [-0.15, -0.1) is 0 Å². The minimum absolute atomic E-state index is 0.347. The molecular weight excluding hydrogens is 321 g/mol.